The lowest BCUT2D eigenvalue weighted by molar-refractivity contribution is 0.00810. The molecule has 1 aromatic carbocycles. The Bertz CT molecular complexity index is 466. The zero-order chi connectivity index (χ0) is 11.6. The molecule has 3 nitrogen and oxygen atoms in total. The summed E-state index contributed by atoms with van der Waals surface area (Å²) < 4.78 is 27.0. The summed E-state index contributed by atoms with van der Waals surface area (Å²) in [6.45, 7) is 1.45. The van der Waals surface area contributed by atoms with Crippen LogP contribution in [0, 0.1) is 0 Å². The van der Waals surface area contributed by atoms with E-state index in [-0.39, 0.29) is 5.75 Å². The van der Waals surface area contributed by atoms with Crippen LogP contribution in [0.5, 0.6) is 0 Å². The first-order valence-electron chi connectivity index (χ1n) is 5.14. The molecule has 0 amide bonds. The van der Waals surface area contributed by atoms with Crippen molar-refractivity contribution in [3.8, 4) is 0 Å². The molecular formula is C11H13ClO3S. The van der Waals surface area contributed by atoms with Crippen molar-refractivity contribution < 1.29 is 13.2 Å². The molecule has 1 fully saturated rings. The van der Waals surface area contributed by atoms with E-state index in [1.165, 1.54) is 5.56 Å². The fourth-order valence-electron chi connectivity index (χ4n) is 1.81. The van der Waals surface area contributed by atoms with E-state index >= 15 is 0 Å². The Hall–Kier alpha value is -0.580. The summed E-state index contributed by atoms with van der Waals surface area (Å²) in [7, 11) is 1.80. The molecule has 0 aromatic heterocycles. The monoisotopic (exact) mass is 260 g/mol. The molecule has 88 valence electrons. The highest BCUT2D eigenvalue weighted by Gasteiger charge is 2.23. The van der Waals surface area contributed by atoms with Crippen LogP contribution in [0.1, 0.15) is 17.0 Å². The lowest BCUT2D eigenvalue weighted by atomic mass is 9.92. The average Bonchev–Trinajstić information content (AvgIpc) is 2.12. The van der Waals surface area contributed by atoms with Crippen molar-refractivity contribution in [3.63, 3.8) is 0 Å². The Morgan fingerprint density at radius 3 is 2.56 bits per heavy atom. The van der Waals surface area contributed by atoms with Crippen molar-refractivity contribution in [3.05, 3.63) is 35.4 Å². The number of benzene rings is 1. The normalized spacial score (nSPS) is 17.1. The summed E-state index contributed by atoms with van der Waals surface area (Å²) in [5.41, 5.74) is 2.24. The van der Waals surface area contributed by atoms with Gasteiger partial charge in [-0.3, -0.25) is 0 Å². The Kier molecular flexibility index (Phi) is 3.52. The zero-order valence-electron chi connectivity index (χ0n) is 8.73. The van der Waals surface area contributed by atoms with Gasteiger partial charge in [-0.15, -0.1) is 0 Å². The highest BCUT2D eigenvalue weighted by atomic mass is 35.7. The number of halogens is 1. The van der Waals surface area contributed by atoms with E-state index in [0.717, 1.165) is 18.8 Å². The third kappa shape index (κ3) is 2.97. The van der Waals surface area contributed by atoms with Crippen molar-refractivity contribution in [2.45, 2.75) is 12.3 Å². The van der Waals surface area contributed by atoms with Crippen LogP contribution >= 0.6 is 10.7 Å². The minimum Gasteiger partial charge on any atom is -0.380 e. The summed E-state index contributed by atoms with van der Waals surface area (Å²) in [6.07, 6.45) is 0.471. The Labute approximate surface area is 99.8 Å². The van der Waals surface area contributed by atoms with E-state index < -0.39 is 9.05 Å². The molecule has 0 aliphatic carbocycles. The highest BCUT2D eigenvalue weighted by molar-refractivity contribution is 8.13. The second-order valence-corrected chi connectivity index (χ2v) is 6.82. The topological polar surface area (TPSA) is 43.4 Å². The van der Waals surface area contributed by atoms with Crippen LogP contribution < -0.4 is 0 Å². The highest BCUT2D eigenvalue weighted by Crippen LogP contribution is 2.27. The van der Waals surface area contributed by atoms with Crippen LogP contribution in [0.2, 0.25) is 0 Å². The maximum atomic E-state index is 10.9. The standard InChI is InChI=1S/C11H13ClO3S/c12-16(13,14)6-5-9-3-1-2-4-11(9)10-7-15-8-10/h1-4,10H,5-8H2. The third-order valence-corrected chi connectivity index (χ3v) is 3.90. The number of aryl methyl sites for hydroxylation is 1. The predicted molar refractivity (Wildman–Crippen MR) is 63.3 cm³/mol. The molecule has 0 N–H and O–H groups in total. The molecule has 0 saturated carbocycles. The molecule has 1 saturated heterocycles. The van der Waals surface area contributed by atoms with Gasteiger partial charge < -0.3 is 4.74 Å². The van der Waals surface area contributed by atoms with Gasteiger partial charge in [-0.25, -0.2) is 8.42 Å². The number of ether oxygens (including phenoxy) is 1. The second-order valence-electron chi connectivity index (χ2n) is 3.93. The zero-order valence-corrected chi connectivity index (χ0v) is 10.3. The van der Waals surface area contributed by atoms with Crippen LogP contribution in [0.3, 0.4) is 0 Å². The first-order valence-corrected chi connectivity index (χ1v) is 7.62. The smallest absolute Gasteiger partial charge is 0.232 e. The van der Waals surface area contributed by atoms with Gasteiger partial charge >= 0.3 is 0 Å². The second kappa shape index (κ2) is 4.73. The molecule has 0 spiro atoms. The molecule has 16 heavy (non-hydrogen) atoms. The summed E-state index contributed by atoms with van der Waals surface area (Å²) in [5.74, 6) is 0.397. The molecule has 0 radical (unpaired) electrons. The van der Waals surface area contributed by atoms with Crippen LogP contribution in [0.15, 0.2) is 24.3 Å². The molecule has 5 heteroatoms. The maximum absolute atomic E-state index is 10.9. The van der Waals surface area contributed by atoms with E-state index in [2.05, 4.69) is 0 Å². The lowest BCUT2D eigenvalue weighted by Crippen LogP contribution is -2.26. The van der Waals surface area contributed by atoms with Gasteiger partial charge in [-0.05, 0) is 17.5 Å². The third-order valence-electron chi connectivity index (χ3n) is 2.75. The van der Waals surface area contributed by atoms with Crippen molar-refractivity contribution >= 4 is 19.7 Å². The Morgan fingerprint density at radius 1 is 1.31 bits per heavy atom. The Morgan fingerprint density at radius 2 is 2.00 bits per heavy atom. The summed E-state index contributed by atoms with van der Waals surface area (Å²) in [5, 5.41) is 0. The summed E-state index contributed by atoms with van der Waals surface area (Å²) >= 11 is 0. The maximum Gasteiger partial charge on any atom is 0.232 e. The van der Waals surface area contributed by atoms with Crippen LogP contribution in [-0.4, -0.2) is 27.4 Å². The lowest BCUT2D eigenvalue weighted by Gasteiger charge is -2.28. The van der Waals surface area contributed by atoms with Crippen molar-refractivity contribution in [1.29, 1.82) is 0 Å². The fraction of sp³-hybridized carbons (Fsp3) is 0.455. The van der Waals surface area contributed by atoms with Gasteiger partial charge in [0.05, 0.1) is 19.0 Å². The van der Waals surface area contributed by atoms with Crippen LogP contribution in [0.25, 0.3) is 0 Å². The largest absolute Gasteiger partial charge is 0.380 e. The van der Waals surface area contributed by atoms with Gasteiger partial charge in [0.25, 0.3) is 0 Å². The molecule has 2 rings (SSSR count). The SMILES string of the molecule is O=S(=O)(Cl)CCc1ccccc1C1COC1. The van der Waals surface area contributed by atoms with Gasteiger partial charge in [0.15, 0.2) is 0 Å². The molecule has 0 bridgehead atoms. The van der Waals surface area contributed by atoms with Gasteiger partial charge in [0, 0.05) is 16.6 Å². The first kappa shape index (κ1) is 11.9. The van der Waals surface area contributed by atoms with Gasteiger partial charge in [-0.1, -0.05) is 24.3 Å². The average molecular weight is 261 g/mol. The predicted octanol–water partition coefficient (Wildman–Crippen LogP) is 1.91. The summed E-state index contributed by atoms with van der Waals surface area (Å²) in [4.78, 5) is 0. The number of hydrogen-bond donors (Lipinski definition) is 0. The molecule has 1 aliphatic rings. The van der Waals surface area contributed by atoms with Gasteiger partial charge in [0.2, 0.25) is 9.05 Å². The minimum absolute atomic E-state index is 0.0147. The van der Waals surface area contributed by atoms with E-state index in [1.807, 2.05) is 24.3 Å². The number of hydrogen-bond acceptors (Lipinski definition) is 3. The van der Waals surface area contributed by atoms with Crippen LogP contribution in [0.4, 0.5) is 0 Å². The van der Waals surface area contributed by atoms with Gasteiger partial charge in [0.1, 0.15) is 0 Å². The molecule has 1 aromatic rings. The molecular weight excluding hydrogens is 248 g/mol. The molecule has 1 aliphatic heterocycles. The van der Waals surface area contributed by atoms with Crippen molar-refractivity contribution in [2.75, 3.05) is 19.0 Å². The van der Waals surface area contributed by atoms with Crippen molar-refractivity contribution in [2.24, 2.45) is 0 Å². The Balaban J connectivity index is 2.13. The van der Waals surface area contributed by atoms with Crippen molar-refractivity contribution in [1.82, 2.24) is 0 Å². The van der Waals surface area contributed by atoms with Gasteiger partial charge in [-0.2, -0.15) is 0 Å². The van der Waals surface area contributed by atoms with Crippen LogP contribution in [-0.2, 0) is 20.2 Å². The summed E-state index contributed by atoms with van der Waals surface area (Å²) in [6, 6.07) is 7.87. The first-order chi connectivity index (χ1) is 7.56. The van der Waals surface area contributed by atoms with E-state index in [1.54, 1.807) is 0 Å². The van der Waals surface area contributed by atoms with E-state index in [4.69, 9.17) is 15.4 Å². The minimum atomic E-state index is -3.41. The molecule has 0 unspecified atom stereocenters. The quantitative estimate of drug-likeness (QED) is 0.777. The molecule has 1 heterocycles. The molecule has 0 atom stereocenters. The number of rotatable bonds is 4. The van der Waals surface area contributed by atoms with E-state index in [9.17, 15) is 8.42 Å². The fourth-order valence-corrected chi connectivity index (χ4v) is 2.50. The van der Waals surface area contributed by atoms with E-state index in [0.29, 0.717) is 12.3 Å².